The average Bonchev–Trinajstić information content (AvgIpc) is 2.41. The summed E-state index contributed by atoms with van der Waals surface area (Å²) in [4.78, 5) is 0. The lowest BCUT2D eigenvalue weighted by Gasteiger charge is -1.95. The number of rotatable bonds is 4. The number of nitrogens with zero attached hydrogens (tertiary/aromatic N) is 3. The molecule has 0 aliphatic rings. The van der Waals surface area contributed by atoms with E-state index in [1.807, 2.05) is 10.9 Å². The summed E-state index contributed by atoms with van der Waals surface area (Å²) in [5, 5.41) is 7.49. The molecule has 0 aliphatic carbocycles. The molecule has 1 aromatic heterocycles. The number of unbranched alkanes of at least 4 members (excludes halogenated alkanes) is 1. The lowest BCUT2D eigenvalue weighted by Crippen LogP contribution is -1.98. The van der Waals surface area contributed by atoms with Gasteiger partial charge >= 0.3 is 0 Å². The van der Waals surface area contributed by atoms with Crippen LogP contribution >= 0.6 is 11.6 Å². The van der Waals surface area contributed by atoms with Gasteiger partial charge in [0.1, 0.15) is 0 Å². The number of aryl methyl sites for hydroxylation is 1. The topological polar surface area (TPSA) is 30.7 Å². The minimum Gasteiger partial charge on any atom is -0.253 e. The van der Waals surface area contributed by atoms with E-state index in [-0.39, 0.29) is 0 Å². The summed E-state index contributed by atoms with van der Waals surface area (Å²) in [5.41, 5.74) is 0. The smallest absolute Gasteiger partial charge is 0.0692 e. The average molecular weight is 160 g/mol. The van der Waals surface area contributed by atoms with Gasteiger partial charge in [-0.15, -0.1) is 16.7 Å². The van der Waals surface area contributed by atoms with Gasteiger partial charge in [0.15, 0.2) is 0 Å². The Morgan fingerprint density at radius 3 is 2.90 bits per heavy atom. The molecule has 3 nitrogen and oxygen atoms in total. The predicted molar refractivity (Wildman–Crippen MR) is 40.0 cm³/mol. The first-order valence-corrected chi connectivity index (χ1v) is 3.87. The molecule has 0 N–H and O–H groups in total. The highest BCUT2D eigenvalue weighted by molar-refractivity contribution is 6.17. The number of aromatic nitrogens is 3. The minimum absolute atomic E-state index is 0.731. The third-order valence-electron chi connectivity index (χ3n) is 1.24. The van der Waals surface area contributed by atoms with Crippen LogP contribution in [0.2, 0.25) is 0 Å². The second-order valence-corrected chi connectivity index (χ2v) is 2.44. The molecule has 0 bridgehead atoms. The van der Waals surface area contributed by atoms with E-state index in [9.17, 15) is 0 Å². The molecule has 1 rings (SSSR count). The highest BCUT2D eigenvalue weighted by atomic mass is 35.5. The summed E-state index contributed by atoms with van der Waals surface area (Å²) >= 11 is 5.50. The number of hydrogen-bond acceptors (Lipinski definition) is 2. The van der Waals surface area contributed by atoms with Gasteiger partial charge in [0, 0.05) is 18.6 Å². The fraction of sp³-hybridized carbons (Fsp3) is 0.667. The molecule has 0 aromatic carbocycles. The summed E-state index contributed by atoms with van der Waals surface area (Å²) < 4.78 is 1.81. The molecule has 0 saturated heterocycles. The molecule has 0 saturated carbocycles. The van der Waals surface area contributed by atoms with Crippen LogP contribution < -0.4 is 0 Å². The van der Waals surface area contributed by atoms with Gasteiger partial charge in [0.05, 0.1) is 6.20 Å². The fourth-order valence-corrected chi connectivity index (χ4v) is 0.909. The largest absolute Gasteiger partial charge is 0.253 e. The van der Waals surface area contributed by atoms with E-state index in [0.29, 0.717) is 0 Å². The van der Waals surface area contributed by atoms with Gasteiger partial charge in [-0.3, -0.25) is 4.68 Å². The van der Waals surface area contributed by atoms with Gasteiger partial charge in [0.25, 0.3) is 0 Å². The Kier molecular flexibility index (Phi) is 3.22. The van der Waals surface area contributed by atoms with Crippen molar-refractivity contribution in [3.05, 3.63) is 12.4 Å². The Hall–Kier alpha value is -0.570. The summed E-state index contributed by atoms with van der Waals surface area (Å²) in [7, 11) is 0. The maximum absolute atomic E-state index is 5.50. The van der Waals surface area contributed by atoms with E-state index in [4.69, 9.17) is 11.6 Å². The van der Waals surface area contributed by atoms with E-state index in [2.05, 4.69) is 10.3 Å². The lowest BCUT2D eigenvalue weighted by molar-refractivity contribution is 0.554. The highest BCUT2D eigenvalue weighted by Gasteiger charge is 1.89. The quantitative estimate of drug-likeness (QED) is 0.490. The number of halogens is 1. The number of alkyl halides is 1. The van der Waals surface area contributed by atoms with Crippen molar-refractivity contribution in [1.29, 1.82) is 0 Å². The highest BCUT2D eigenvalue weighted by Crippen LogP contribution is 1.94. The maximum atomic E-state index is 5.50. The van der Waals surface area contributed by atoms with Crippen LogP contribution in [0.25, 0.3) is 0 Å². The Morgan fingerprint density at radius 2 is 2.30 bits per heavy atom. The molecule has 56 valence electrons. The maximum Gasteiger partial charge on any atom is 0.0692 e. The zero-order valence-electron chi connectivity index (χ0n) is 5.70. The second-order valence-electron chi connectivity index (χ2n) is 2.06. The molecular weight excluding hydrogens is 150 g/mol. The van der Waals surface area contributed by atoms with Crippen molar-refractivity contribution >= 4 is 11.6 Å². The summed E-state index contributed by atoms with van der Waals surface area (Å²) in [6.45, 7) is 0.923. The Morgan fingerprint density at radius 1 is 1.40 bits per heavy atom. The molecule has 10 heavy (non-hydrogen) atoms. The zero-order valence-corrected chi connectivity index (χ0v) is 6.46. The van der Waals surface area contributed by atoms with Crippen molar-refractivity contribution < 1.29 is 0 Å². The van der Waals surface area contributed by atoms with Crippen molar-refractivity contribution in [2.75, 3.05) is 5.88 Å². The van der Waals surface area contributed by atoms with E-state index in [1.165, 1.54) is 0 Å². The molecule has 0 radical (unpaired) electrons. The van der Waals surface area contributed by atoms with Crippen LogP contribution in [0.15, 0.2) is 12.4 Å². The van der Waals surface area contributed by atoms with Crippen LogP contribution in [0.4, 0.5) is 0 Å². The summed E-state index contributed by atoms with van der Waals surface area (Å²) in [6, 6.07) is 0. The lowest BCUT2D eigenvalue weighted by atomic mass is 10.3. The minimum atomic E-state index is 0.731. The van der Waals surface area contributed by atoms with Gasteiger partial charge < -0.3 is 0 Å². The third-order valence-corrected chi connectivity index (χ3v) is 1.51. The molecule has 0 fully saturated rings. The fourth-order valence-electron chi connectivity index (χ4n) is 0.720. The first kappa shape index (κ1) is 7.54. The predicted octanol–water partition coefficient (Wildman–Crippen LogP) is 1.30. The Balaban J connectivity index is 2.15. The number of hydrogen-bond donors (Lipinski definition) is 0. The van der Waals surface area contributed by atoms with E-state index in [0.717, 1.165) is 25.3 Å². The van der Waals surface area contributed by atoms with Crippen molar-refractivity contribution in [2.24, 2.45) is 0 Å². The second kappa shape index (κ2) is 4.28. The molecule has 0 spiro atoms. The van der Waals surface area contributed by atoms with Gasteiger partial charge in [-0.2, -0.15) is 0 Å². The van der Waals surface area contributed by atoms with Gasteiger partial charge in [-0.25, -0.2) is 0 Å². The third kappa shape index (κ3) is 2.35. The summed E-state index contributed by atoms with van der Waals surface area (Å²) in [5.74, 6) is 0.731. The zero-order chi connectivity index (χ0) is 7.23. The molecular formula is C6H10ClN3. The standard InChI is InChI=1S/C6H10ClN3/c7-3-1-2-5-10-6-4-8-9-10/h4,6H,1-3,5H2. The molecule has 0 unspecified atom stereocenters. The van der Waals surface area contributed by atoms with Crippen molar-refractivity contribution in [2.45, 2.75) is 19.4 Å². The van der Waals surface area contributed by atoms with Gasteiger partial charge in [0.2, 0.25) is 0 Å². The van der Waals surface area contributed by atoms with Crippen molar-refractivity contribution in [1.82, 2.24) is 15.0 Å². The monoisotopic (exact) mass is 159 g/mol. The Bertz CT molecular complexity index is 162. The molecule has 0 aliphatic heterocycles. The van der Waals surface area contributed by atoms with E-state index in [1.54, 1.807) is 6.20 Å². The first-order chi connectivity index (χ1) is 4.93. The van der Waals surface area contributed by atoms with Crippen LogP contribution in [-0.4, -0.2) is 20.9 Å². The van der Waals surface area contributed by atoms with Crippen LogP contribution in [0.3, 0.4) is 0 Å². The van der Waals surface area contributed by atoms with Crippen molar-refractivity contribution in [3.8, 4) is 0 Å². The van der Waals surface area contributed by atoms with E-state index < -0.39 is 0 Å². The van der Waals surface area contributed by atoms with Crippen LogP contribution in [0, 0.1) is 0 Å². The molecule has 1 heterocycles. The van der Waals surface area contributed by atoms with Crippen molar-refractivity contribution in [3.63, 3.8) is 0 Å². The molecule has 1 aromatic rings. The van der Waals surface area contributed by atoms with Gasteiger partial charge in [-0.1, -0.05) is 5.21 Å². The Labute approximate surface area is 65.0 Å². The SMILES string of the molecule is ClCCCCn1ccnn1. The normalized spacial score (nSPS) is 10.1. The molecule has 0 amide bonds. The van der Waals surface area contributed by atoms with Gasteiger partial charge in [-0.05, 0) is 12.8 Å². The molecule has 4 heteroatoms. The summed E-state index contributed by atoms with van der Waals surface area (Å²) in [6.07, 6.45) is 5.66. The molecule has 0 atom stereocenters. The van der Waals surface area contributed by atoms with Crippen LogP contribution in [0.1, 0.15) is 12.8 Å². The first-order valence-electron chi connectivity index (χ1n) is 3.33. The van der Waals surface area contributed by atoms with Crippen LogP contribution in [-0.2, 0) is 6.54 Å². The van der Waals surface area contributed by atoms with E-state index >= 15 is 0 Å². The van der Waals surface area contributed by atoms with Crippen LogP contribution in [0.5, 0.6) is 0 Å².